The Morgan fingerprint density at radius 2 is 1.80 bits per heavy atom. The fraction of sp³-hybridized carbons (Fsp3) is 0.200. The highest BCUT2D eigenvalue weighted by Crippen LogP contribution is 2.24. The molecule has 2 aromatic carbocycles. The van der Waals surface area contributed by atoms with Crippen molar-refractivity contribution in [3.05, 3.63) is 65.9 Å². The quantitative estimate of drug-likeness (QED) is 0.762. The molecular formula is C20H21N3O2. The summed E-state index contributed by atoms with van der Waals surface area (Å²) in [5.41, 5.74) is 4.19. The molecule has 1 heterocycles. The number of aromatic nitrogens is 2. The normalized spacial score (nSPS) is 10.5. The molecule has 0 saturated carbocycles. The van der Waals surface area contributed by atoms with Gasteiger partial charge in [0.2, 0.25) is 0 Å². The van der Waals surface area contributed by atoms with E-state index in [0.717, 1.165) is 28.3 Å². The molecule has 25 heavy (non-hydrogen) atoms. The van der Waals surface area contributed by atoms with E-state index in [1.165, 1.54) is 0 Å². The number of nitrogens with zero attached hydrogens (tertiary/aromatic N) is 2. The number of anilines is 1. The number of rotatable bonds is 5. The summed E-state index contributed by atoms with van der Waals surface area (Å²) in [6.45, 7) is 4.69. The van der Waals surface area contributed by atoms with Crippen molar-refractivity contribution in [1.29, 1.82) is 0 Å². The molecular weight excluding hydrogens is 314 g/mol. The Hall–Kier alpha value is -3.08. The van der Waals surface area contributed by atoms with Crippen LogP contribution in [0.4, 0.5) is 5.69 Å². The number of ether oxygens (including phenoxy) is 1. The molecule has 0 aliphatic rings. The SMILES string of the molecule is CCn1nc(C(=O)Nc2ccc(C)cc2)cc1-c1ccc(OC)cc1. The van der Waals surface area contributed by atoms with Crippen LogP contribution in [-0.2, 0) is 6.54 Å². The number of carbonyl (C=O) groups is 1. The highest BCUT2D eigenvalue weighted by atomic mass is 16.5. The van der Waals surface area contributed by atoms with Crippen molar-refractivity contribution in [3.8, 4) is 17.0 Å². The van der Waals surface area contributed by atoms with Crippen LogP contribution >= 0.6 is 0 Å². The van der Waals surface area contributed by atoms with Gasteiger partial charge in [-0.3, -0.25) is 9.48 Å². The van der Waals surface area contributed by atoms with Crippen LogP contribution < -0.4 is 10.1 Å². The van der Waals surface area contributed by atoms with E-state index in [1.807, 2.05) is 73.1 Å². The van der Waals surface area contributed by atoms with Crippen molar-refractivity contribution in [2.75, 3.05) is 12.4 Å². The minimum absolute atomic E-state index is 0.217. The number of amides is 1. The Bertz CT molecular complexity index is 865. The van der Waals surface area contributed by atoms with Crippen molar-refractivity contribution >= 4 is 11.6 Å². The van der Waals surface area contributed by atoms with Gasteiger partial charge >= 0.3 is 0 Å². The number of benzene rings is 2. The maximum absolute atomic E-state index is 12.5. The molecule has 1 amide bonds. The molecule has 1 N–H and O–H groups in total. The van der Waals surface area contributed by atoms with Crippen LogP contribution in [0.2, 0.25) is 0 Å². The highest BCUT2D eigenvalue weighted by Gasteiger charge is 2.15. The summed E-state index contributed by atoms with van der Waals surface area (Å²) < 4.78 is 7.02. The highest BCUT2D eigenvalue weighted by molar-refractivity contribution is 6.03. The zero-order valence-electron chi connectivity index (χ0n) is 14.6. The van der Waals surface area contributed by atoms with Crippen molar-refractivity contribution in [2.45, 2.75) is 20.4 Å². The van der Waals surface area contributed by atoms with E-state index in [9.17, 15) is 4.79 Å². The van der Waals surface area contributed by atoms with Crippen LogP contribution in [0, 0.1) is 6.92 Å². The second kappa shape index (κ2) is 7.21. The van der Waals surface area contributed by atoms with Gasteiger partial charge in [-0.25, -0.2) is 0 Å². The summed E-state index contributed by atoms with van der Waals surface area (Å²) in [5, 5.41) is 7.32. The summed E-state index contributed by atoms with van der Waals surface area (Å²) >= 11 is 0. The lowest BCUT2D eigenvalue weighted by Gasteiger charge is -2.05. The Morgan fingerprint density at radius 1 is 1.12 bits per heavy atom. The van der Waals surface area contributed by atoms with Crippen LogP contribution in [0.25, 0.3) is 11.3 Å². The summed E-state index contributed by atoms with van der Waals surface area (Å²) in [6.07, 6.45) is 0. The van der Waals surface area contributed by atoms with Crippen LogP contribution in [0.3, 0.4) is 0 Å². The average molecular weight is 335 g/mol. The third-order valence-electron chi connectivity index (χ3n) is 4.01. The van der Waals surface area contributed by atoms with Crippen molar-refractivity contribution in [3.63, 3.8) is 0 Å². The Balaban J connectivity index is 1.86. The van der Waals surface area contributed by atoms with Gasteiger partial charge in [0.1, 0.15) is 5.75 Å². The third kappa shape index (κ3) is 3.71. The fourth-order valence-corrected chi connectivity index (χ4v) is 2.59. The minimum Gasteiger partial charge on any atom is -0.497 e. The van der Waals surface area contributed by atoms with Crippen molar-refractivity contribution in [1.82, 2.24) is 9.78 Å². The van der Waals surface area contributed by atoms with Crippen LogP contribution in [-0.4, -0.2) is 22.8 Å². The first-order valence-electron chi connectivity index (χ1n) is 8.21. The molecule has 5 nitrogen and oxygen atoms in total. The number of hydrogen-bond acceptors (Lipinski definition) is 3. The zero-order valence-corrected chi connectivity index (χ0v) is 14.6. The monoisotopic (exact) mass is 335 g/mol. The van der Waals surface area contributed by atoms with Crippen LogP contribution in [0.15, 0.2) is 54.6 Å². The molecule has 0 fully saturated rings. The molecule has 1 aromatic heterocycles. The zero-order chi connectivity index (χ0) is 17.8. The largest absolute Gasteiger partial charge is 0.497 e. The number of aryl methyl sites for hydroxylation is 2. The van der Waals surface area contributed by atoms with Gasteiger partial charge in [-0.2, -0.15) is 5.10 Å². The fourth-order valence-electron chi connectivity index (χ4n) is 2.59. The van der Waals surface area contributed by atoms with Crippen LogP contribution in [0.1, 0.15) is 23.0 Å². The van der Waals surface area contributed by atoms with Gasteiger partial charge in [0.05, 0.1) is 12.8 Å². The standard InChI is InChI=1S/C20H21N3O2/c1-4-23-19(15-7-11-17(25-3)12-8-15)13-18(22-23)20(24)21-16-9-5-14(2)6-10-16/h5-13H,4H2,1-3H3,(H,21,24). The third-order valence-corrected chi connectivity index (χ3v) is 4.01. The van der Waals surface area contributed by atoms with E-state index in [2.05, 4.69) is 10.4 Å². The van der Waals surface area contributed by atoms with E-state index < -0.39 is 0 Å². The molecule has 0 radical (unpaired) electrons. The van der Waals surface area contributed by atoms with Gasteiger partial charge < -0.3 is 10.1 Å². The molecule has 0 aliphatic heterocycles. The summed E-state index contributed by atoms with van der Waals surface area (Å²) in [4.78, 5) is 12.5. The molecule has 0 aliphatic carbocycles. The first kappa shape index (κ1) is 16.8. The second-order valence-electron chi connectivity index (χ2n) is 5.78. The van der Waals surface area contributed by atoms with Gasteiger partial charge in [-0.05, 0) is 56.3 Å². The Kier molecular flexibility index (Phi) is 4.84. The van der Waals surface area contributed by atoms with Gasteiger partial charge in [0.15, 0.2) is 5.69 Å². The van der Waals surface area contributed by atoms with E-state index >= 15 is 0 Å². The van der Waals surface area contributed by atoms with Gasteiger partial charge in [-0.1, -0.05) is 17.7 Å². The number of methoxy groups -OCH3 is 1. The first-order valence-corrected chi connectivity index (χ1v) is 8.21. The van der Waals surface area contributed by atoms with Gasteiger partial charge in [0, 0.05) is 17.8 Å². The van der Waals surface area contributed by atoms with E-state index in [0.29, 0.717) is 12.2 Å². The number of hydrogen-bond donors (Lipinski definition) is 1. The number of nitrogens with one attached hydrogen (secondary N) is 1. The second-order valence-corrected chi connectivity index (χ2v) is 5.78. The van der Waals surface area contributed by atoms with Crippen molar-refractivity contribution in [2.24, 2.45) is 0 Å². The van der Waals surface area contributed by atoms with E-state index in [4.69, 9.17) is 4.74 Å². The maximum atomic E-state index is 12.5. The lowest BCUT2D eigenvalue weighted by Crippen LogP contribution is -2.13. The predicted octanol–water partition coefficient (Wildman–Crippen LogP) is 4.14. The Morgan fingerprint density at radius 3 is 2.40 bits per heavy atom. The molecule has 0 spiro atoms. The minimum atomic E-state index is -0.217. The molecule has 3 rings (SSSR count). The number of carbonyl (C=O) groups excluding carboxylic acids is 1. The lowest BCUT2D eigenvalue weighted by atomic mass is 10.1. The topological polar surface area (TPSA) is 56.2 Å². The molecule has 0 saturated heterocycles. The molecule has 0 unspecified atom stereocenters. The Labute approximate surface area is 147 Å². The van der Waals surface area contributed by atoms with Crippen LogP contribution in [0.5, 0.6) is 5.75 Å². The molecule has 5 heteroatoms. The molecule has 128 valence electrons. The molecule has 0 bridgehead atoms. The average Bonchev–Trinajstić information content (AvgIpc) is 3.08. The molecule has 0 atom stereocenters. The van der Waals surface area contributed by atoms with Crippen molar-refractivity contribution < 1.29 is 9.53 Å². The van der Waals surface area contributed by atoms with E-state index in [-0.39, 0.29) is 5.91 Å². The predicted molar refractivity (Wildman–Crippen MR) is 99.0 cm³/mol. The summed E-state index contributed by atoms with van der Waals surface area (Å²) in [6, 6.07) is 17.2. The molecule has 3 aromatic rings. The smallest absolute Gasteiger partial charge is 0.276 e. The maximum Gasteiger partial charge on any atom is 0.276 e. The summed E-state index contributed by atoms with van der Waals surface area (Å²) in [7, 11) is 1.64. The lowest BCUT2D eigenvalue weighted by molar-refractivity contribution is 0.102. The van der Waals surface area contributed by atoms with E-state index in [1.54, 1.807) is 7.11 Å². The summed E-state index contributed by atoms with van der Waals surface area (Å²) in [5.74, 6) is 0.578. The van der Waals surface area contributed by atoms with Gasteiger partial charge in [0.25, 0.3) is 5.91 Å². The first-order chi connectivity index (χ1) is 12.1. The van der Waals surface area contributed by atoms with Gasteiger partial charge in [-0.15, -0.1) is 0 Å².